The lowest BCUT2D eigenvalue weighted by molar-refractivity contribution is -0.116. The van der Waals surface area contributed by atoms with Crippen molar-refractivity contribution in [2.24, 2.45) is 0 Å². The molecule has 1 aromatic heterocycles. The molecule has 2 aromatic rings. The van der Waals surface area contributed by atoms with Crippen molar-refractivity contribution in [3.05, 3.63) is 34.4 Å². The molecule has 1 aromatic carbocycles. The average Bonchev–Trinajstić information content (AvgIpc) is 2.76. The quantitative estimate of drug-likeness (QED) is 0.852. The molecule has 94 valence electrons. The summed E-state index contributed by atoms with van der Waals surface area (Å²) in [4.78, 5) is 15.3. The summed E-state index contributed by atoms with van der Waals surface area (Å²) < 4.78 is 18.4. The molecule has 2 rings (SSSR count). The van der Waals surface area contributed by atoms with Crippen LogP contribution < -0.4 is 4.74 Å². The van der Waals surface area contributed by atoms with Gasteiger partial charge in [-0.2, -0.15) is 0 Å². The smallest absolute Gasteiger partial charge is 0.136 e. The predicted molar refractivity (Wildman–Crippen MR) is 68.4 cm³/mol. The third-order valence-corrected chi connectivity index (χ3v) is 3.24. The zero-order valence-electron chi connectivity index (χ0n) is 10.1. The number of ketones is 1. The molecule has 0 aliphatic heterocycles. The molecule has 5 heteroatoms. The second-order valence-electron chi connectivity index (χ2n) is 3.85. The van der Waals surface area contributed by atoms with Gasteiger partial charge in [0.15, 0.2) is 0 Å². The van der Waals surface area contributed by atoms with E-state index in [0.717, 1.165) is 5.01 Å². The van der Waals surface area contributed by atoms with Crippen LogP contribution in [0.2, 0.25) is 0 Å². The minimum atomic E-state index is -0.341. The molecule has 0 radical (unpaired) electrons. The summed E-state index contributed by atoms with van der Waals surface area (Å²) in [6.07, 6.45) is 0.308. The van der Waals surface area contributed by atoms with Gasteiger partial charge in [0.2, 0.25) is 0 Å². The molecule has 0 fully saturated rings. The first-order chi connectivity index (χ1) is 8.60. The maximum atomic E-state index is 13.3. The molecular weight excluding hydrogens is 253 g/mol. The topological polar surface area (TPSA) is 39.2 Å². The van der Waals surface area contributed by atoms with E-state index in [9.17, 15) is 9.18 Å². The highest BCUT2D eigenvalue weighted by molar-refractivity contribution is 7.10. The van der Waals surface area contributed by atoms with Gasteiger partial charge in [-0.05, 0) is 25.1 Å². The molecule has 18 heavy (non-hydrogen) atoms. The largest absolute Gasteiger partial charge is 0.496 e. The highest BCUT2D eigenvalue weighted by Crippen LogP contribution is 2.31. The van der Waals surface area contributed by atoms with Crippen molar-refractivity contribution in [2.75, 3.05) is 7.11 Å². The molecule has 0 aliphatic rings. The SMILES string of the molecule is COc1ccc(F)cc1-c1csc(CC(C)=O)n1. The number of ether oxygens (including phenoxy) is 1. The Bertz CT molecular complexity index is 580. The van der Waals surface area contributed by atoms with Gasteiger partial charge in [0.05, 0.1) is 19.2 Å². The lowest BCUT2D eigenvalue weighted by Gasteiger charge is -2.05. The zero-order valence-corrected chi connectivity index (χ0v) is 10.9. The standard InChI is InChI=1S/C13H12FNO2S/c1-8(16)5-13-15-11(7-18-13)10-6-9(14)3-4-12(10)17-2/h3-4,6-7H,5H2,1-2H3. The number of thiazole rings is 1. The molecule has 0 spiro atoms. The average molecular weight is 265 g/mol. The van der Waals surface area contributed by atoms with Crippen molar-refractivity contribution in [3.8, 4) is 17.0 Å². The van der Waals surface area contributed by atoms with Gasteiger partial charge in [0.1, 0.15) is 22.4 Å². The second-order valence-corrected chi connectivity index (χ2v) is 4.79. The van der Waals surface area contributed by atoms with Gasteiger partial charge in [0.25, 0.3) is 0 Å². The van der Waals surface area contributed by atoms with E-state index in [1.54, 1.807) is 11.4 Å². The van der Waals surface area contributed by atoms with E-state index in [1.807, 2.05) is 0 Å². The van der Waals surface area contributed by atoms with E-state index in [2.05, 4.69) is 4.98 Å². The summed E-state index contributed by atoms with van der Waals surface area (Å²) in [6.45, 7) is 1.52. The van der Waals surface area contributed by atoms with Crippen LogP contribution in [0.25, 0.3) is 11.3 Å². The van der Waals surface area contributed by atoms with Crippen LogP contribution in [-0.2, 0) is 11.2 Å². The Kier molecular flexibility index (Phi) is 3.72. The third kappa shape index (κ3) is 2.73. The summed E-state index contributed by atoms with van der Waals surface area (Å²) in [7, 11) is 1.53. The van der Waals surface area contributed by atoms with Crippen molar-refractivity contribution < 1.29 is 13.9 Å². The van der Waals surface area contributed by atoms with E-state index < -0.39 is 0 Å². The third-order valence-electron chi connectivity index (χ3n) is 2.39. The summed E-state index contributed by atoms with van der Waals surface area (Å²) in [5.74, 6) is 0.283. The van der Waals surface area contributed by atoms with Gasteiger partial charge in [-0.3, -0.25) is 4.79 Å². The summed E-state index contributed by atoms with van der Waals surface area (Å²) in [5, 5.41) is 2.53. The number of nitrogens with zero attached hydrogens (tertiary/aromatic N) is 1. The van der Waals surface area contributed by atoms with Gasteiger partial charge in [-0.25, -0.2) is 9.37 Å². The van der Waals surface area contributed by atoms with Crippen molar-refractivity contribution in [3.63, 3.8) is 0 Å². The van der Waals surface area contributed by atoms with E-state index in [1.165, 1.54) is 37.5 Å². The van der Waals surface area contributed by atoms with E-state index in [0.29, 0.717) is 23.4 Å². The van der Waals surface area contributed by atoms with Crippen LogP contribution >= 0.6 is 11.3 Å². The van der Waals surface area contributed by atoms with E-state index >= 15 is 0 Å². The van der Waals surface area contributed by atoms with Crippen molar-refractivity contribution in [1.29, 1.82) is 0 Å². The number of hydrogen-bond acceptors (Lipinski definition) is 4. The summed E-state index contributed by atoms with van der Waals surface area (Å²) in [5.41, 5.74) is 1.23. The molecule has 0 aliphatic carbocycles. The molecule has 0 amide bonds. The van der Waals surface area contributed by atoms with Crippen molar-refractivity contribution in [2.45, 2.75) is 13.3 Å². The number of hydrogen-bond donors (Lipinski definition) is 0. The number of carbonyl (C=O) groups is 1. The summed E-state index contributed by atoms with van der Waals surface area (Å²) >= 11 is 1.39. The molecule has 0 atom stereocenters. The Labute approximate surface area is 108 Å². The molecule has 0 N–H and O–H groups in total. The number of Topliss-reactive ketones (excluding diaryl/α,β-unsaturated/α-hetero) is 1. The van der Waals surface area contributed by atoms with Crippen LogP contribution in [0.1, 0.15) is 11.9 Å². The van der Waals surface area contributed by atoms with Crippen LogP contribution in [-0.4, -0.2) is 17.9 Å². The first-order valence-corrected chi connectivity index (χ1v) is 6.26. The summed E-state index contributed by atoms with van der Waals surface area (Å²) in [6, 6.07) is 4.28. The molecule has 3 nitrogen and oxygen atoms in total. The fourth-order valence-corrected chi connectivity index (χ4v) is 2.47. The van der Waals surface area contributed by atoms with Gasteiger partial charge in [-0.1, -0.05) is 0 Å². The monoisotopic (exact) mass is 265 g/mol. The number of halogens is 1. The van der Waals surface area contributed by atoms with Gasteiger partial charge >= 0.3 is 0 Å². The van der Waals surface area contributed by atoms with Gasteiger partial charge in [0, 0.05) is 10.9 Å². The number of benzene rings is 1. The van der Waals surface area contributed by atoms with Crippen LogP contribution in [0.15, 0.2) is 23.6 Å². The lowest BCUT2D eigenvalue weighted by Crippen LogP contribution is -1.95. The minimum absolute atomic E-state index is 0.0575. The highest BCUT2D eigenvalue weighted by Gasteiger charge is 2.11. The maximum absolute atomic E-state index is 13.3. The molecule has 0 unspecified atom stereocenters. The van der Waals surface area contributed by atoms with Crippen LogP contribution in [0, 0.1) is 5.82 Å². The number of methoxy groups -OCH3 is 1. The van der Waals surface area contributed by atoms with Crippen LogP contribution in [0.4, 0.5) is 4.39 Å². The fourth-order valence-electron chi connectivity index (χ4n) is 1.61. The van der Waals surface area contributed by atoms with Gasteiger partial charge < -0.3 is 4.74 Å². The zero-order chi connectivity index (χ0) is 13.1. The molecule has 0 saturated carbocycles. The molecular formula is C13H12FNO2S. The second kappa shape index (κ2) is 5.27. The van der Waals surface area contributed by atoms with Crippen molar-refractivity contribution in [1.82, 2.24) is 4.98 Å². The Morgan fingerprint density at radius 1 is 1.50 bits per heavy atom. The van der Waals surface area contributed by atoms with Crippen LogP contribution in [0.3, 0.4) is 0 Å². The highest BCUT2D eigenvalue weighted by atomic mass is 32.1. The Hall–Kier alpha value is -1.75. The number of aromatic nitrogens is 1. The lowest BCUT2D eigenvalue weighted by atomic mass is 10.1. The fraction of sp³-hybridized carbons (Fsp3) is 0.231. The van der Waals surface area contributed by atoms with Gasteiger partial charge in [-0.15, -0.1) is 11.3 Å². The first kappa shape index (κ1) is 12.7. The Morgan fingerprint density at radius 3 is 2.94 bits per heavy atom. The van der Waals surface area contributed by atoms with E-state index in [-0.39, 0.29) is 11.6 Å². The first-order valence-electron chi connectivity index (χ1n) is 5.38. The number of rotatable bonds is 4. The molecule has 1 heterocycles. The van der Waals surface area contributed by atoms with Crippen LogP contribution in [0.5, 0.6) is 5.75 Å². The molecule has 0 bridgehead atoms. The normalized spacial score (nSPS) is 10.4. The maximum Gasteiger partial charge on any atom is 0.136 e. The van der Waals surface area contributed by atoms with E-state index in [4.69, 9.17) is 4.74 Å². The molecule has 0 saturated heterocycles. The predicted octanol–water partition coefficient (Wildman–Crippen LogP) is 3.09. The number of carbonyl (C=O) groups excluding carboxylic acids is 1. The Morgan fingerprint density at radius 2 is 2.28 bits per heavy atom. The minimum Gasteiger partial charge on any atom is -0.496 e. The Balaban J connectivity index is 2.38. The van der Waals surface area contributed by atoms with Crippen molar-refractivity contribution >= 4 is 17.1 Å².